The summed E-state index contributed by atoms with van der Waals surface area (Å²) < 4.78 is 5.53. The molecular weight excluding hydrogens is 186 g/mol. The summed E-state index contributed by atoms with van der Waals surface area (Å²) in [6.45, 7) is 5.10. The second kappa shape index (κ2) is 4.67. The SMILES string of the molecule is CCOc1ccc2c(c1)CCN(C)CC2. The van der Waals surface area contributed by atoms with Gasteiger partial charge in [-0.05, 0) is 50.1 Å². The molecule has 0 saturated heterocycles. The molecule has 1 aliphatic rings. The minimum Gasteiger partial charge on any atom is -0.494 e. The first-order valence-electron chi connectivity index (χ1n) is 5.72. The Balaban J connectivity index is 2.20. The van der Waals surface area contributed by atoms with E-state index < -0.39 is 0 Å². The van der Waals surface area contributed by atoms with Gasteiger partial charge in [0.2, 0.25) is 0 Å². The van der Waals surface area contributed by atoms with Crippen LogP contribution in [0.4, 0.5) is 0 Å². The minimum atomic E-state index is 0.749. The van der Waals surface area contributed by atoms with Crippen LogP contribution in [-0.4, -0.2) is 31.6 Å². The summed E-state index contributed by atoms with van der Waals surface area (Å²) in [4.78, 5) is 2.39. The van der Waals surface area contributed by atoms with E-state index in [0.717, 1.165) is 31.7 Å². The number of benzene rings is 1. The minimum absolute atomic E-state index is 0.749. The van der Waals surface area contributed by atoms with Crippen molar-refractivity contribution in [2.75, 3.05) is 26.7 Å². The molecule has 0 N–H and O–H groups in total. The molecule has 1 aliphatic heterocycles. The van der Waals surface area contributed by atoms with Gasteiger partial charge in [0, 0.05) is 13.1 Å². The highest BCUT2D eigenvalue weighted by Crippen LogP contribution is 2.21. The molecule has 1 heterocycles. The number of fused-ring (bicyclic) bond motifs is 1. The normalized spacial score (nSPS) is 16.9. The van der Waals surface area contributed by atoms with Gasteiger partial charge in [-0.25, -0.2) is 0 Å². The maximum atomic E-state index is 5.53. The number of hydrogen-bond donors (Lipinski definition) is 0. The van der Waals surface area contributed by atoms with E-state index in [0.29, 0.717) is 0 Å². The van der Waals surface area contributed by atoms with Crippen LogP contribution in [0.1, 0.15) is 18.1 Å². The van der Waals surface area contributed by atoms with Crippen LogP contribution >= 0.6 is 0 Å². The van der Waals surface area contributed by atoms with Crippen molar-refractivity contribution in [2.24, 2.45) is 0 Å². The summed E-state index contributed by atoms with van der Waals surface area (Å²) >= 11 is 0. The van der Waals surface area contributed by atoms with Gasteiger partial charge in [0.05, 0.1) is 6.61 Å². The summed E-state index contributed by atoms with van der Waals surface area (Å²) in [6.07, 6.45) is 2.31. The molecule has 0 unspecified atom stereocenters. The fourth-order valence-electron chi connectivity index (χ4n) is 2.07. The van der Waals surface area contributed by atoms with E-state index in [1.807, 2.05) is 6.92 Å². The third kappa shape index (κ3) is 2.51. The van der Waals surface area contributed by atoms with E-state index in [-0.39, 0.29) is 0 Å². The molecule has 0 aliphatic carbocycles. The predicted octanol–water partition coefficient (Wildman–Crippen LogP) is 2.12. The van der Waals surface area contributed by atoms with E-state index in [1.54, 1.807) is 0 Å². The maximum absolute atomic E-state index is 5.53. The Bertz CT molecular complexity index is 335. The molecule has 15 heavy (non-hydrogen) atoms. The molecule has 1 aromatic carbocycles. The molecule has 2 nitrogen and oxygen atoms in total. The summed E-state index contributed by atoms with van der Waals surface area (Å²) in [5.74, 6) is 1.01. The third-order valence-electron chi connectivity index (χ3n) is 3.01. The van der Waals surface area contributed by atoms with Gasteiger partial charge in [-0.15, -0.1) is 0 Å². The molecular formula is C13H19NO. The van der Waals surface area contributed by atoms with Gasteiger partial charge in [0.25, 0.3) is 0 Å². The van der Waals surface area contributed by atoms with Crippen molar-refractivity contribution in [3.63, 3.8) is 0 Å². The molecule has 2 heteroatoms. The number of nitrogens with zero attached hydrogens (tertiary/aromatic N) is 1. The van der Waals surface area contributed by atoms with Crippen LogP contribution in [0, 0.1) is 0 Å². The van der Waals surface area contributed by atoms with Gasteiger partial charge in [-0.1, -0.05) is 6.07 Å². The van der Waals surface area contributed by atoms with Gasteiger partial charge >= 0.3 is 0 Å². The quantitative estimate of drug-likeness (QED) is 0.733. The number of likely N-dealkylation sites (N-methyl/N-ethyl adjacent to an activating group) is 1. The van der Waals surface area contributed by atoms with Gasteiger partial charge in [-0.2, -0.15) is 0 Å². The Kier molecular flexibility index (Phi) is 3.27. The van der Waals surface area contributed by atoms with Crippen LogP contribution in [-0.2, 0) is 12.8 Å². The molecule has 0 radical (unpaired) electrons. The summed E-state index contributed by atoms with van der Waals surface area (Å²) in [6, 6.07) is 6.52. The van der Waals surface area contributed by atoms with Crippen LogP contribution in [0.25, 0.3) is 0 Å². The van der Waals surface area contributed by atoms with E-state index in [4.69, 9.17) is 4.74 Å². The maximum Gasteiger partial charge on any atom is 0.119 e. The molecule has 0 fully saturated rings. The van der Waals surface area contributed by atoms with Gasteiger partial charge in [0.1, 0.15) is 5.75 Å². The topological polar surface area (TPSA) is 12.5 Å². The van der Waals surface area contributed by atoms with E-state index >= 15 is 0 Å². The lowest BCUT2D eigenvalue weighted by atomic mass is 10.0. The Morgan fingerprint density at radius 1 is 1.20 bits per heavy atom. The highest BCUT2D eigenvalue weighted by molar-refractivity contribution is 5.36. The second-order valence-electron chi connectivity index (χ2n) is 4.17. The van der Waals surface area contributed by atoms with E-state index in [9.17, 15) is 0 Å². The van der Waals surface area contributed by atoms with Gasteiger partial charge < -0.3 is 9.64 Å². The van der Waals surface area contributed by atoms with Crippen molar-refractivity contribution in [1.82, 2.24) is 4.90 Å². The molecule has 0 aromatic heterocycles. The molecule has 0 saturated carbocycles. The summed E-state index contributed by atoms with van der Waals surface area (Å²) in [5, 5.41) is 0. The number of rotatable bonds is 2. The van der Waals surface area contributed by atoms with Crippen LogP contribution in [0.2, 0.25) is 0 Å². The Morgan fingerprint density at radius 2 is 1.93 bits per heavy atom. The molecule has 2 rings (SSSR count). The molecule has 0 amide bonds. The van der Waals surface area contributed by atoms with Gasteiger partial charge in [-0.3, -0.25) is 0 Å². The molecule has 0 bridgehead atoms. The average molecular weight is 205 g/mol. The second-order valence-corrected chi connectivity index (χ2v) is 4.17. The van der Waals surface area contributed by atoms with E-state index in [2.05, 4.69) is 30.1 Å². The van der Waals surface area contributed by atoms with Crippen molar-refractivity contribution >= 4 is 0 Å². The van der Waals surface area contributed by atoms with Crippen LogP contribution < -0.4 is 4.74 Å². The first kappa shape index (κ1) is 10.5. The van der Waals surface area contributed by atoms with E-state index in [1.165, 1.54) is 17.7 Å². The lowest BCUT2D eigenvalue weighted by Gasteiger charge is -2.10. The zero-order valence-corrected chi connectivity index (χ0v) is 9.62. The molecule has 82 valence electrons. The highest BCUT2D eigenvalue weighted by Gasteiger charge is 2.11. The van der Waals surface area contributed by atoms with Crippen molar-refractivity contribution < 1.29 is 4.74 Å². The predicted molar refractivity (Wildman–Crippen MR) is 62.5 cm³/mol. The highest BCUT2D eigenvalue weighted by atomic mass is 16.5. The first-order chi connectivity index (χ1) is 7.29. The van der Waals surface area contributed by atoms with Crippen LogP contribution in [0.3, 0.4) is 0 Å². The lowest BCUT2D eigenvalue weighted by Crippen LogP contribution is -2.20. The molecule has 0 atom stereocenters. The Morgan fingerprint density at radius 3 is 2.67 bits per heavy atom. The van der Waals surface area contributed by atoms with Gasteiger partial charge in [0.15, 0.2) is 0 Å². The largest absolute Gasteiger partial charge is 0.494 e. The Hall–Kier alpha value is -1.02. The van der Waals surface area contributed by atoms with Crippen molar-refractivity contribution in [1.29, 1.82) is 0 Å². The molecule has 0 spiro atoms. The summed E-state index contributed by atoms with van der Waals surface area (Å²) in [5.41, 5.74) is 2.95. The fraction of sp³-hybridized carbons (Fsp3) is 0.538. The fourth-order valence-corrected chi connectivity index (χ4v) is 2.07. The number of ether oxygens (including phenoxy) is 1. The smallest absolute Gasteiger partial charge is 0.119 e. The third-order valence-corrected chi connectivity index (χ3v) is 3.01. The average Bonchev–Trinajstić information content (AvgIpc) is 2.42. The summed E-state index contributed by atoms with van der Waals surface area (Å²) in [7, 11) is 2.19. The van der Waals surface area contributed by atoms with Crippen LogP contribution in [0.5, 0.6) is 5.75 Å². The zero-order chi connectivity index (χ0) is 10.7. The standard InChI is InChI=1S/C13H19NO/c1-3-15-13-5-4-11-6-8-14(2)9-7-12(11)10-13/h4-5,10H,3,6-9H2,1-2H3. The molecule has 1 aromatic rings. The first-order valence-corrected chi connectivity index (χ1v) is 5.72. The Labute approximate surface area is 91.9 Å². The van der Waals surface area contributed by atoms with Crippen molar-refractivity contribution in [3.05, 3.63) is 29.3 Å². The van der Waals surface area contributed by atoms with Crippen molar-refractivity contribution in [3.8, 4) is 5.75 Å². The lowest BCUT2D eigenvalue weighted by molar-refractivity contribution is 0.339. The van der Waals surface area contributed by atoms with Crippen LogP contribution in [0.15, 0.2) is 18.2 Å². The van der Waals surface area contributed by atoms with Crippen molar-refractivity contribution in [2.45, 2.75) is 19.8 Å². The monoisotopic (exact) mass is 205 g/mol. The number of hydrogen-bond acceptors (Lipinski definition) is 2. The zero-order valence-electron chi connectivity index (χ0n) is 9.62.